The van der Waals surface area contributed by atoms with Crippen LogP contribution in [0, 0.1) is 5.95 Å². The fraction of sp³-hybridized carbons (Fsp3) is 0.286. The van der Waals surface area contributed by atoms with Crippen LogP contribution in [0.2, 0.25) is 0 Å². The van der Waals surface area contributed by atoms with Gasteiger partial charge in [0.15, 0.2) is 5.82 Å². The Morgan fingerprint density at radius 2 is 2.25 bits per heavy atom. The van der Waals surface area contributed by atoms with E-state index in [0.29, 0.717) is 0 Å². The molecule has 0 unspecified atom stereocenters. The second kappa shape index (κ2) is 3.75. The average Bonchev–Trinajstić information content (AvgIpc) is 2.09. The first kappa shape index (κ1) is 8.58. The molecule has 1 heterocycles. The molecule has 1 amide bonds. The van der Waals surface area contributed by atoms with Crippen LogP contribution in [0.4, 0.5) is 10.2 Å². The third-order valence-corrected chi connectivity index (χ3v) is 1.23. The number of halogens is 1. The topological polar surface area (TPSA) is 54.9 Å². The van der Waals surface area contributed by atoms with Gasteiger partial charge in [0, 0.05) is 18.8 Å². The third-order valence-electron chi connectivity index (χ3n) is 1.23. The standard InChI is InChI=1S/C7H8FN3O/c1-2-5(12)11-7-6(8)9-3-4-10-7/h3-4H,2H2,1H3,(H,10,11,12). The van der Waals surface area contributed by atoms with Gasteiger partial charge in [0.1, 0.15) is 0 Å². The third kappa shape index (κ3) is 1.98. The van der Waals surface area contributed by atoms with E-state index in [0.717, 1.165) is 0 Å². The molecule has 12 heavy (non-hydrogen) atoms. The summed E-state index contributed by atoms with van der Waals surface area (Å²) in [7, 11) is 0. The molecule has 0 aliphatic heterocycles. The summed E-state index contributed by atoms with van der Waals surface area (Å²) >= 11 is 0. The van der Waals surface area contributed by atoms with Gasteiger partial charge in [-0.3, -0.25) is 4.79 Å². The van der Waals surface area contributed by atoms with Crippen LogP contribution in [0.25, 0.3) is 0 Å². The highest BCUT2D eigenvalue weighted by Gasteiger charge is 2.05. The van der Waals surface area contributed by atoms with Crippen molar-refractivity contribution in [3.8, 4) is 0 Å². The summed E-state index contributed by atoms with van der Waals surface area (Å²) in [6.07, 6.45) is 2.82. The minimum Gasteiger partial charge on any atom is -0.307 e. The van der Waals surface area contributed by atoms with E-state index in [1.165, 1.54) is 12.4 Å². The first-order valence-corrected chi connectivity index (χ1v) is 3.50. The average molecular weight is 169 g/mol. The molecule has 0 radical (unpaired) electrons. The molecular formula is C7H8FN3O. The van der Waals surface area contributed by atoms with Crippen molar-refractivity contribution in [2.24, 2.45) is 0 Å². The summed E-state index contributed by atoms with van der Waals surface area (Å²) in [6, 6.07) is 0. The maximum absolute atomic E-state index is 12.7. The molecule has 0 aliphatic carbocycles. The highest BCUT2D eigenvalue weighted by Crippen LogP contribution is 2.04. The lowest BCUT2D eigenvalue weighted by molar-refractivity contribution is -0.115. The van der Waals surface area contributed by atoms with Gasteiger partial charge in [-0.2, -0.15) is 4.39 Å². The van der Waals surface area contributed by atoms with Gasteiger partial charge in [-0.1, -0.05) is 6.92 Å². The zero-order chi connectivity index (χ0) is 8.97. The molecule has 0 saturated heterocycles. The van der Waals surface area contributed by atoms with Gasteiger partial charge in [-0.25, -0.2) is 9.97 Å². The smallest absolute Gasteiger partial charge is 0.256 e. The van der Waals surface area contributed by atoms with Crippen LogP contribution >= 0.6 is 0 Å². The van der Waals surface area contributed by atoms with Crippen molar-refractivity contribution in [3.05, 3.63) is 18.3 Å². The molecular weight excluding hydrogens is 161 g/mol. The number of rotatable bonds is 2. The second-order valence-corrected chi connectivity index (χ2v) is 2.10. The lowest BCUT2D eigenvalue weighted by Gasteiger charge is -2.00. The molecule has 4 nitrogen and oxygen atoms in total. The fourth-order valence-electron chi connectivity index (χ4n) is 0.625. The Morgan fingerprint density at radius 3 is 2.83 bits per heavy atom. The second-order valence-electron chi connectivity index (χ2n) is 2.10. The summed E-state index contributed by atoms with van der Waals surface area (Å²) in [4.78, 5) is 17.7. The summed E-state index contributed by atoms with van der Waals surface area (Å²) in [5.41, 5.74) is 0. The molecule has 1 aromatic rings. The van der Waals surface area contributed by atoms with E-state index < -0.39 is 5.95 Å². The highest BCUT2D eigenvalue weighted by molar-refractivity contribution is 5.89. The maximum Gasteiger partial charge on any atom is 0.256 e. The first-order valence-electron chi connectivity index (χ1n) is 3.50. The van der Waals surface area contributed by atoms with E-state index in [1.54, 1.807) is 6.92 Å². The van der Waals surface area contributed by atoms with Crippen molar-refractivity contribution in [1.29, 1.82) is 0 Å². The van der Waals surface area contributed by atoms with Crippen LogP contribution in [0.15, 0.2) is 12.4 Å². The number of nitrogens with zero attached hydrogens (tertiary/aromatic N) is 2. The number of anilines is 1. The zero-order valence-electron chi connectivity index (χ0n) is 6.54. The molecule has 0 atom stereocenters. The molecule has 0 spiro atoms. The minimum atomic E-state index is -0.765. The zero-order valence-corrected chi connectivity index (χ0v) is 6.54. The molecule has 1 N–H and O–H groups in total. The van der Waals surface area contributed by atoms with E-state index in [-0.39, 0.29) is 18.1 Å². The Morgan fingerprint density at radius 1 is 1.58 bits per heavy atom. The van der Waals surface area contributed by atoms with Gasteiger partial charge in [0.2, 0.25) is 5.91 Å². The molecule has 64 valence electrons. The quantitative estimate of drug-likeness (QED) is 0.717. The number of amides is 1. The molecule has 1 aromatic heterocycles. The largest absolute Gasteiger partial charge is 0.307 e. The Bertz CT molecular complexity index is 290. The number of carbonyl (C=O) groups excluding carboxylic acids is 1. The molecule has 0 aliphatic rings. The van der Waals surface area contributed by atoms with Gasteiger partial charge in [-0.05, 0) is 0 Å². The summed E-state index contributed by atoms with van der Waals surface area (Å²) in [5.74, 6) is -1.17. The molecule has 0 aromatic carbocycles. The molecule has 0 saturated carbocycles. The summed E-state index contributed by atoms with van der Waals surface area (Å²) in [6.45, 7) is 1.67. The fourth-order valence-corrected chi connectivity index (χ4v) is 0.625. The minimum absolute atomic E-state index is 0.121. The number of nitrogens with one attached hydrogen (secondary N) is 1. The first-order chi connectivity index (χ1) is 5.74. The number of carbonyl (C=O) groups is 1. The monoisotopic (exact) mass is 169 g/mol. The van der Waals surface area contributed by atoms with Gasteiger partial charge in [0.25, 0.3) is 5.95 Å². The predicted molar refractivity (Wildman–Crippen MR) is 40.9 cm³/mol. The van der Waals surface area contributed by atoms with Crippen molar-refractivity contribution >= 4 is 11.7 Å². The molecule has 0 fully saturated rings. The van der Waals surface area contributed by atoms with Crippen molar-refractivity contribution in [1.82, 2.24) is 9.97 Å². The lowest BCUT2D eigenvalue weighted by atomic mass is 10.4. The van der Waals surface area contributed by atoms with Crippen LogP contribution in [0.5, 0.6) is 0 Å². The number of hydrogen-bond donors (Lipinski definition) is 1. The van der Waals surface area contributed by atoms with Crippen molar-refractivity contribution in [2.45, 2.75) is 13.3 Å². The Labute approximate surface area is 68.8 Å². The van der Waals surface area contributed by atoms with Crippen molar-refractivity contribution < 1.29 is 9.18 Å². The van der Waals surface area contributed by atoms with E-state index in [1.807, 2.05) is 0 Å². The van der Waals surface area contributed by atoms with E-state index in [4.69, 9.17) is 0 Å². The molecule has 1 rings (SSSR count). The van der Waals surface area contributed by atoms with Gasteiger partial charge in [-0.15, -0.1) is 0 Å². The van der Waals surface area contributed by atoms with Crippen molar-refractivity contribution in [3.63, 3.8) is 0 Å². The van der Waals surface area contributed by atoms with E-state index >= 15 is 0 Å². The van der Waals surface area contributed by atoms with Crippen LogP contribution in [0.3, 0.4) is 0 Å². The Kier molecular flexibility index (Phi) is 2.68. The lowest BCUT2D eigenvalue weighted by Crippen LogP contribution is -2.12. The van der Waals surface area contributed by atoms with Crippen LogP contribution < -0.4 is 5.32 Å². The van der Waals surface area contributed by atoms with Crippen LogP contribution in [0.1, 0.15) is 13.3 Å². The van der Waals surface area contributed by atoms with E-state index in [9.17, 15) is 9.18 Å². The Balaban J connectivity index is 2.75. The maximum atomic E-state index is 12.7. The number of hydrogen-bond acceptors (Lipinski definition) is 3. The van der Waals surface area contributed by atoms with Gasteiger partial charge in [0.05, 0.1) is 0 Å². The van der Waals surface area contributed by atoms with E-state index in [2.05, 4.69) is 15.3 Å². The van der Waals surface area contributed by atoms with Crippen LogP contribution in [-0.4, -0.2) is 15.9 Å². The number of aromatic nitrogens is 2. The molecule has 0 bridgehead atoms. The van der Waals surface area contributed by atoms with Gasteiger partial charge < -0.3 is 5.32 Å². The van der Waals surface area contributed by atoms with Gasteiger partial charge >= 0.3 is 0 Å². The Hall–Kier alpha value is -1.52. The van der Waals surface area contributed by atoms with Crippen molar-refractivity contribution in [2.75, 3.05) is 5.32 Å². The molecule has 5 heteroatoms. The summed E-state index contributed by atoms with van der Waals surface area (Å²) < 4.78 is 12.7. The predicted octanol–water partition coefficient (Wildman–Crippen LogP) is 0.964. The SMILES string of the molecule is CCC(=O)Nc1nccnc1F. The normalized spacial score (nSPS) is 9.50. The summed E-state index contributed by atoms with van der Waals surface area (Å²) in [5, 5.41) is 2.27. The highest BCUT2D eigenvalue weighted by atomic mass is 19.1. The van der Waals surface area contributed by atoms with Crippen LogP contribution in [-0.2, 0) is 4.79 Å².